The molecule has 0 aliphatic carbocycles. The average Bonchev–Trinajstić information content (AvgIpc) is 3.00. The maximum atomic E-state index is 13.8. The molecule has 8 heteroatoms. The standard InChI is InChI=1S/C34H24Cl2N2O4/c35-24-19-23(20-25(36)21-24)32(39)37(26-13-15-28(16-14-26)42-27-9-2-1-3-10-27)17-6-18-38-33(40)29-11-4-7-22-8-5-12-30(31(22)29)34(38)41/h1-5,7-16,19-21H,6,17-18H2. The number of imide groups is 1. The molecule has 0 atom stereocenters. The minimum absolute atomic E-state index is 0.137. The Labute approximate surface area is 252 Å². The highest BCUT2D eigenvalue weighted by atomic mass is 35.5. The molecule has 42 heavy (non-hydrogen) atoms. The second-order valence-corrected chi connectivity index (χ2v) is 10.7. The first-order valence-electron chi connectivity index (χ1n) is 13.4. The van der Waals surface area contributed by atoms with Crippen molar-refractivity contribution < 1.29 is 19.1 Å². The van der Waals surface area contributed by atoms with E-state index in [4.69, 9.17) is 27.9 Å². The molecule has 0 fully saturated rings. The molecule has 0 saturated heterocycles. The molecule has 0 aromatic heterocycles. The van der Waals surface area contributed by atoms with Gasteiger partial charge >= 0.3 is 0 Å². The van der Waals surface area contributed by atoms with Gasteiger partial charge in [0.1, 0.15) is 11.5 Å². The molecule has 0 spiro atoms. The Hall–Kier alpha value is -4.65. The third-order valence-electron chi connectivity index (χ3n) is 7.10. The lowest BCUT2D eigenvalue weighted by atomic mass is 9.94. The van der Waals surface area contributed by atoms with Gasteiger partial charge in [-0.05, 0) is 78.5 Å². The first-order valence-corrected chi connectivity index (χ1v) is 14.1. The average molecular weight is 595 g/mol. The number of para-hydroxylation sites is 1. The monoisotopic (exact) mass is 594 g/mol. The largest absolute Gasteiger partial charge is 0.457 e. The van der Waals surface area contributed by atoms with E-state index < -0.39 is 0 Å². The Balaban J connectivity index is 1.24. The highest BCUT2D eigenvalue weighted by Crippen LogP contribution is 2.31. The van der Waals surface area contributed by atoms with Gasteiger partial charge in [-0.15, -0.1) is 0 Å². The second-order valence-electron chi connectivity index (χ2n) is 9.85. The van der Waals surface area contributed by atoms with E-state index in [1.54, 1.807) is 59.5 Å². The summed E-state index contributed by atoms with van der Waals surface area (Å²) < 4.78 is 5.91. The van der Waals surface area contributed by atoms with E-state index in [-0.39, 0.29) is 30.8 Å². The molecule has 3 amide bonds. The van der Waals surface area contributed by atoms with Crippen LogP contribution in [-0.4, -0.2) is 35.7 Å². The van der Waals surface area contributed by atoms with E-state index in [0.717, 1.165) is 5.39 Å². The number of carbonyl (C=O) groups excluding carboxylic acids is 3. The van der Waals surface area contributed by atoms with Crippen molar-refractivity contribution in [3.8, 4) is 11.5 Å². The number of carbonyl (C=O) groups is 3. The van der Waals surface area contributed by atoms with Crippen molar-refractivity contribution in [2.24, 2.45) is 0 Å². The van der Waals surface area contributed by atoms with E-state index in [1.807, 2.05) is 54.6 Å². The van der Waals surface area contributed by atoms with E-state index in [1.165, 1.54) is 4.90 Å². The SMILES string of the molecule is O=C1c2cccc3cccc(c23)C(=O)N1CCCN(C(=O)c1cc(Cl)cc(Cl)c1)c1ccc(Oc2ccccc2)cc1. The van der Waals surface area contributed by atoms with Crippen LogP contribution in [0.15, 0.2) is 109 Å². The number of halogens is 2. The molecule has 0 bridgehead atoms. The van der Waals surface area contributed by atoms with E-state index in [9.17, 15) is 14.4 Å². The van der Waals surface area contributed by atoms with Crippen LogP contribution in [0.25, 0.3) is 10.8 Å². The minimum atomic E-state index is -0.341. The number of hydrogen-bond donors (Lipinski definition) is 0. The smallest absolute Gasteiger partial charge is 0.261 e. The highest BCUT2D eigenvalue weighted by Gasteiger charge is 2.32. The van der Waals surface area contributed by atoms with Gasteiger partial charge in [0.05, 0.1) is 0 Å². The Kier molecular flexibility index (Phi) is 7.66. The van der Waals surface area contributed by atoms with Crippen LogP contribution in [0.4, 0.5) is 5.69 Å². The lowest BCUT2D eigenvalue weighted by Gasteiger charge is -2.29. The Morgan fingerprint density at radius 2 is 1.31 bits per heavy atom. The van der Waals surface area contributed by atoms with Crippen LogP contribution in [0.1, 0.15) is 37.5 Å². The zero-order valence-corrected chi connectivity index (χ0v) is 23.8. The Morgan fingerprint density at radius 3 is 1.93 bits per heavy atom. The van der Waals surface area contributed by atoms with Gasteiger partial charge in [-0.25, -0.2) is 0 Å². The first kappa shape index (κ1) is 27.5. The summed E-state index contributed by atoms with van der Waals surface area (Å²) in [6, 6.07) is 32.1. The lowest BCUT2D eigenvalue weighted by molar-refractivity contribution is 0.0610. The van der Waals surface area contributed by atoms with Crippen molar-refractivity contribution in [2.45, 2.75) is 6.42 Å². The number of benzene rings is 5. The molecule has 0 radical (unpaired) electrons. The van der Waals surface area contributed by atoms with Gasteiger partial charge in [0, 0.05) is 50.9 Å². The van der Waals surface area contributed by atoms with Crippen LogP contribution in [0, 0.1) is 0 Å². The lowest BCUT2D eigenvalue weighted by Crippen LogP contribution is -2.42. The van der Waals surface area contributed by atoms with Gasteiger partial charge in [-0.1, -0.05) is 65.7 Å². The number of ether oxygens (including phenoxy) is 1. The molecule has 6 nitrogen and oxygen atoms in total. The topological polar surface area (TPSA) is 66.9 Å². The van der Waals surface area contributed by atoms with Crippen LogP contribution in [0.2, 0.25) is 10.0 Å². The molecular formula is C34H24Cl2N2O4. The third-order valence-corrected chi connectivity index (χ3v) is 7.54. The van der Waals surface area contributed by atoms with Crippen molar-refractivity contribution in [3.05, 3.63) is 136 Å². The summed E-state index contributed by atoms with van der Waals surface area (Å²) in [4.78, 5) is 43.3. The summed E-state index contributed by atoms with van der Waals surface area (Å²) in [6.07, 6.45) is 0.345. The molecule has 0 N–H and O–H groups in total. The van der Waals surface area contributed by atoms with Crippen LogP contribution in [-0.2, 0) is 0 Å². The van der Waals surface area contributed by atoms with Crippen LogP contribution < -0.4 is 9.64 Å². The molecule has 5 aromatic carbocycles. The van der Waals surface area contributed by atoms with Crippen LogP contribution in [0.5, 0.6) is 11.5 Å². The van der Waals surface area contributed by atoms with E-state index >= 15 is 0 Å². The molecular weight excluding hydrogens is 571 g/mol. The van der Waals surface area contributed by atoms with Crippen molar-refractivity contribution in [2.75, 3.05) is 18.0 Å². The number of hydrogen-bond acceptors (Lipinski definition) is 4. The van der Waals surface area contributed by atoms with Crippen LogP contribution in [0.3, 0.4) is 0 Å². The number of rotatable bonds is 8. The Morgan fingerprint density at radius 1 is 0.714 bits per heavy atom. The first-order chi connectivity index (χ1) is 20.4. The molecule has 1 aliphatic rings. The second kappa shape index (κ2) is 11.7. The zero-order valence-electron chi connectivity index (χ0n) is 22.3. The van der Waals surface area contributed by atoms with Crippen molar-refractivity contribution >= 4 is 57.4 Å². The van der Waals surface area contributed by atoms with Gasteiger partial charge in [-0.3, -0.25) is 19.3 Å². The fraction of sp³-hybridized carbons (Fsp3) is 0.0882. The summed E-state index contributed by atoms with van der Waals surface area (Å²) in [5.74, 6) is 0.306. The van der Waals surface area contributed by atoms with Gasteiger partial charge in [0.15, 0.2) is 0 Å². The maximum Gasteiger partial charge on any atom is 0.261 e. The zero-order chi connectivity index (χ0) is 29.2. The normalized spacial score (nSPS) is 12.5. The molecule has 0 saturated carbocycles. The summed E-state index contributed by atoms with van der Waals surface area (Å²) in [5.41, 5.74) is 1.93. The number of amides is 3. The number of anilines is 1. The van der Waals surface area contributed by atoms with Crippen LogP contribution >= 0.6 is 23.2 Å². The highest BCUT2D eigenvalue weighted by molar-refractivity contribution is 6.35. The molecule has 0 unspecified atom stereocenters. The fourth-order valence-corrected chi connectivity index (χ4v) is 5.70. The minimum Gasteiger partial charge on any atom is -0.457 e. The van der Waals surface area contributed by atoms with Crippen molar-refractivity contribution in [1.29, 1.82) is 0 Å². The van der Waals surface area contributed by atoms with Gasteiger partial charge in [0.25, 0.3) is 17.7 Å². The summed E-state index contributed by atoms with van der Waals surface area (Å²) >= 11 is 12.4. The third kappa shape index (κ3) is 5.47. The van der Waals surface area contributed by atoms with Gasteiger partial charge < -0.3 is 9.64 Å². The molecule has 208 valence electrons. The molecule has 5 aromatic rings. The molecule has 6 rings (SSSR count). The molecule has 1 heterocycles. The fourth-order valence-electron chi connectivity index (χ4n) is 5.17. The predicted octanol–water partition coefficient (Wildman–Crippen LogP) is 8.27. The summed E-state index contributed by atoms with van der Waals surface area (Å²) in [6.45, 7) is 0.364. The Bertz CT molecular complexity index is 1750. The number of nitrogens with zero attached hydrogens (tertiary/aromatic N) is 2. The molecule has 1 aliphatic heterocycles. The maximum absolute atomic E-state index is 13.8. The predicted molar refractivity (Wildman–Crippen MR) is 165 cm³/mol. The van der Waals surface area contributed by atoms with Crippen molar-refractivity contribution in [3.63, 3.8) is 0 Å². The van der Waals surface area contributed by atoms with E-state index in [0.29, 0.717) is 55.7 Å². The van der Waals surface area contributed by atoms with Gasteiger partial charge in [0.2, 0.25) is 0 Å². The summed E-state index contributed by atoms with van der Waals surface area (Å²) in [5, 5.41) is 2.21. The summed E-state index contributed by atoms with van der Waals surface area (Å²) in [7, 11) is 0. The van der Waals surface area contributed by atoms with E-state index in [2.05, 4.69) is 0 Å². The quantitative estimate of drug-likeness (QED) is 0.169. The van der Waals surface area contributed by atoms with Crippen molar-refractivity contribution in [1.82, 2.24) is 4.90 Å². The van der Waals surface area contributed by atoms with Gasteiger partial charge in [-0.2, -0.15) is 0 Å².